The van der Waals surface area contributed by atoms with Gasteiger partial charge in [-0.2, -0.15) is 0 Å². The minimum absolute atomic E-state index is 0.100. The minimum atomic E-state index is -0.599. The largest absolute Gasteiger partial charge is 0.402 e. The SMILES string of the molecule is CC(=O)N(c1ccc(C)c(C)c1)c1nc(/C=C2\N=C(c3ccc(Cl)c(Cl)c3)OC2=O)cs1. The zero-order valence-corrected chi connectivity index (χ0v) is 19.7. The average molecular weight is 486 g/mol. The number of carbonyl (C=O) groups is 2. The number of ether oxygens (including phenoxy) is 1. The maximum absolute atomic E-state index is 12.4. The van der Waals surface area contributed by atoms with Gasteiger partial charge in [-0.25, -0.2) is 14.8 Å². The molecule has 0 saturated heterocycles. The number of halogens is 2. The fraction of sp³-hybridized carbons (Fsp3) is 0.130. The van der Waals surface area contributed by atoms with E-state index in [0.717, 1.165) is 16.8 Å². The maximum atomic E-state index is 12.4. The first-order valence-corrected chi connectivity index (χ1v) is 11.2. The number of benzene rings is 2. The number of hydrogen-bond acceptors (Lipinski definition) is 6. The molecule has 32 heavy (non-hydrogen) atoms. The number of cyclic esters (lactones) is 1. The molecule has 4 rings (SSSR count). The molecule has 2 heterocycles. The van der Waals surface area contributed by atoms with E-state index < -0.39 is 5.97 Å². The predicted octanol–water partition coefficient (Wildman–Crippen LogP) is 6.10. The van der Waals surface area contributed by atoms with Crippen LogP contribution in [-0.4, -0.2) is 22.8 Å². The van der Waals surface area contributed by atoms with Gasteiger partial charge in [0.2, 0.25) is 11.8 Å². The van der Waals surface area contributed by atoms with E-state index in [2.05, 4.69) is 9.98 Å². The van der Waals surface area contributed by atoms with Gasteiger partial charge in [-0.3, -0.25) is 9.69 Å². The molecule has 1 aliphatic rings. The van der Waals surface area contributed by atoms with Crippen LogP contribution in [0.5, 0.6) is 0 Å². The second-order valence-corrected chi connectivity index (χ2v) is 8.79. The molecule has 6 nitrogen and oxygen atoms in total. The standard InChI is InChI=1S/C23H17Cl2N3O3S/c1-12-4-6-17(8-13(12)2)28(14(3)29)23-26-16(11-32-23)10-20-22(30)31-21(27-20)15-5-7-18(24)19(25)9-15/h4-11H,1-3H3/b20-10-. The van der Waals surface area contributed by atoms with E-state index in [1.807, 2.05) is 32.0 Å². The van der Waals surface area contributed by atoms with Crippen molar-refractivity contribution in [2.75, 3.05) is 4.90 Å². The fourth-order valence-corrected chi connectivity index (χ4v) is 4.18. The lowest BCUT2D eigenvalue weighted by Gasteiger charge is -2.19. The summed E-state index contributed by atoms with van der Waals surface area (Å²) in [6, 6.07) is 10.6. The highest BCUT2D eigenvalue weighted by Crippen LogP contribution is 2.31. The highest BCUT2D eigenvalue weighted by Gasteiger charge is 2.25. The van der Waals surface area contributed by atoms with Gasteiger partial charge in [0.15, 0.2) is 10.8 Å². The van der Waals surface area contributed by atoms with Gasteiger partial charge in [-0.15, -0.1) is 11.3 Å². The van der Waals surface area contributed by atoms with Crippen LogP contribution in [0.2, 0.25) is 10.0 Å². The summed E-state index contributed by atoms with van der Waals surface area (Å²) >= 11 is 13.3. The lowest BCUT2D eigenvalue weighted by atomic mass is 10.1. The molecule has 1 aliphatic heterocycles. The molecule has 3 aromatic rings. The number of nitrogens with zero attached hydrogens (tertiary/aromatic N) is 3. The molecule has 0 radical (unpaired) electrons. The molecule has 0 bridgehead atoms. The number of esters is 1. The molecule has 1 aromatic heterocycles. The normalized spacial score (nSPS) is 14.5. The average Bonchev–Trinajstić information content (AvgIpc) is 3.34. The third-order valence-corrected chi connectivity index (χ3v) is 6.42. The molecule has 0 N–H and O–H groups in total. The molecule has 0 spiro atoms. The van der Waals surface area contributed by atoms with Gasteiger partial charge in [0, 0.05) is 17.9 Å². The number of anilines is 2. The lowest BCUT2D eigenvalue weighted by Crippen LogP contribution is -2.22. The third kappa shape index (κ3) is 4.46. The Hall–Kier alpha value is -3.00. The number of hydrogen-bond donors (Lipinski definition) is 0. The Balaban J connectivity index is 1.64. The highest BCUT2D eigenvalue weighted by molar-refractivity contribution is 7.14. The van der Waals surface area contributed by atoms with Gasteiger partial charge in [0.1, 0.15) is 0 Å². The number of aromatic nitrogens is 1. The molecule has 162 valence electrons. The Labute approximate surface area is 198 Å². The van der Waals surface area contributed by atoms with Crippen molar-refractivity contribution in [3.63, 3.8) is 0 Å². The van der Waals surface area contributed by atoms with Gasteiger partial charge < -0.3 is 4.74 Å². The molecular formula is C23H17Cl2N3O3S. The third-order valence-electron chi connectivity index (χ3n) is 4.84. The number of aliphatic imine (C=N–C) groups is 1. The minimum Gasteiger partial charge on any atom is -0.402 e. The summed E-state index contributed by atoms with van der Waals surface area (Å²) < 4.78 is 5.27. The number of aryl methyl sites for hydroxylation is 2. The summed E-state index contributed by atoms with van der Waals surface area (Å²) in [5, 5.41) is 2.97. The van der Waals surface area contributed by atoms with Gasteiger partial charge in [0.25, 0.3) is 0 Å². The van der Waals surface area contributed by atoms with Crippen LogP contribution in [0.1, 0.15) is 29.3 Å². The molecular weight excluding hydrogens is 469 g/mol. The van der Waals surface area contributed by atoms with E-state index in [-0.39, 0.29) is 17.5 Å². The topological polar surface area (TPSA) is 71.9 Å². The zero-order valence-electron chi connectivity index (χ0n) is 17.3. The van der Waals surface area contributed by atoms with E-state index >= 15 is 0 Å². The first-order chi connectivity index (χ1) is 15.2. The molecule has 1 amide bonds. The lowest BCUT2D eigenvalue weighted by molar-refractivity contribution is -0.130. The van der Waals surface area contributed by atoms with Crippen LogP contribution < -0.4 is 4.90 Å². The Morgan fingerprint density at radius 2 is 1.88 bits per heavy atom. The summed E-state index contributed by atoms with van der Waals surface area (Å²) in [5.74, 6) is -0.629. The van der Waals surface area contributed by atoms with Crippen LogP contribution in [0.15, 0.2) is 52.5 Å². The molecule has 0 fully saturated rings. The molecule has 0 saturated carbocycles. The van der Waals surface area contributed by atoms with Crippen molar-refractivity contribution >= 4 is 69.2 Å². The highest BCUT2D eigenvalue weighted by atomic mass is 35.5. The van der Waals surface area contributed by atoms with Crippen LogP contribution in [-0.2, 0) is 14.3 Å². The van der Waals surface area contributed by atoms with Crippen molar-refractivity contribution in [3.8, 4) is 0 Å². The smallest absolute Gasteiger partial charge is 0.363 e. The number of carbonyl (C=O) groups excluding carboxylic acids is 2. The maximum Gasteiger partial charge on any atom is 0.363 e. The van der Waals surface area contributed by atoms with Gasteiger partial charge in [-0.05, 0) is 61.4 Å². The predicted molar refractivity (Wildman–Crippen MR) is 128 cm³/mol. The van der Waals surface area contributed by atoms with Crippen LogP contribution >= 0.6 is 34.5 Å². The van der Waals surface area contributed by atoms with Crippen LogP contribution in [0, 0.1) is 13.8 Å². The Morgan fingerprint density at radius 1 is 1.09 bits per heavy atom. The van der Waals surface area contributed by atoms with E-state index in [1.165, 1.54) is 29.2 Å². The number of thiazole rings is 1. The zero-order chi connectivity index (χ0) is 23.0. The van der Waals surface area contributed by atoms with Crippen molar-refractivity contribution < 1.29 is 14.3 Å². The van der Waals surface area contributed by atoms with Gasteiger partial charge >= 0.3 is 5.97 Å². The molecule has 0 atom stereocenters. The van der Waals surface area contributed by atoms with Crippen molar-refractivity contribution in [3.05, 3.63) is 79.9 Å². The van der Waals surface area contributed by atoms with Gasteiger partial charge in [0.05, 0.1) is 21.4 Å². The Bertz CT molecular complexity index is 1310. The summed E-state index contributed by atoms with van der Waals surface area (Å²) in [7, 11) is 0. The molecule has 9 heteroatoms. The van der Waals surface area contributed by atoms with Crippen LogP contribution in [0.25, 0.3) is 6.08 Å². The fourth-order valence-electron chi connectivity index (χ4n) is 3.04. The van der Waals surface area contributed by atoms with E-state index in [4.69, 9.17) is 27.9 Å². The molecule has 0 unspecified atom stereocenters. The van der Waals surface area contributed by atoms with Crippen LogP contribution in [0.3, 0.4) is 0 Å². The number of rotatable bonds is 4. The van der Waals surface area contributed by atoms with E-state index in [1.54, 1.807) is 23.6 Å². The van der Waals surface area contributed by atoms with Crippen molar-refractivity contribution in [2.45, 2.75) is 20.8 Å². The first kappa shape index (κ1) is 22.2. The van der Waals surface area contributed by atoms with E-state index in [0.29, 0.717) is 26.4 Å². The Morgan fingerprint density at radius 3 is 2.56 bits per heavy atom. The quantitative estimate of drug-likeness (QED) is 0.330. The van der Waals surface area contributed by atoms with Crippen molar-refractivity contribution in [1.29, 1.82) is 0 Å². The van der Waals surface area contributed by atoms with Crippen LogP contribution in [0.4, 0.5) is 10.8 Å². The van der Waals surface area contributed by atoms with Gasteiger partial charge in [-0.1, -0.05) is 29.3 Å². The van der Waals surface area contributed by atoms with Crippen molar-refractivity contribution in [1.82, 2.24) is 4.98 Å². The summed E-state index contributed by atoms with van der Waals surface area (Å²) in [6.07, 6.45) is 1.52. The summed E-state index contributed by atoms with van der Waals surface area (Å²) in [5.41, 5.74) is 4.07. The molecule has 2 aromatic carbocycles. The second kappa shape index (κ2) is 8.86. The second-order valence-electron chi connectivity index (χ2n) is 7.14. The van der Waals surface area contributed by atoms with E-state index in [9.17, 15) is 9.59 Å². The Kier molecular flexibility index (Phi) is 6.15. The summed E-state index contributed by atoms with van der Waals surface area (Å²) in [6.45, 7) is 5.49. The van der Waals surface area contributed by atoms with Crippen molar-refractivity contribution in [2.24, 2.45) is 4.99 Å². The summed E-state index contributed by atoms with van der Waals surface area (Å²) in [4.78, 5) is 35.0. The molecule has 0 aliphatic carbocycles. The first-order valence-electron chi connectivity index (χ1n) is 9.54. The number of amides is 1. The monoisotopic (exact) mass is 485 g/mol.